The third kappa shape index (κ3) is 2.16. The Bertz CT molecular complexity index is 730. The summed E-state index contributed by atoms with van der Waals surface area (Å²) in [5.74, 6) is 1.18. The largest absolute Gasteiger partial charge is 0.332 e. The Balaban J connectivity index is 2.08. The normalized spacial score (nSPS) is 13.0. The van der Waals surface area contributed by atoms with Crippen molar-refractivity contribution in [2.75, 3.05) is 0 Å². The summed E-state index contributed by atoms with van der Waals surface area (Å²) in [4.78, 5) is 8.74. The van der Waals surface area contributed by atoms with E-state index >= 15 is 0 Å². The van der Waals surface area contributed by atoms with Crippen LogP contribution < -0.4 is 5.73 Å². The van der Waals surface area contributed by atoms with Crippen LogP contribution in [-0.2, 0) is 0 Å². The molecule has 1 atom stereocenters. The van der Waals surface area contributed by atoms with Gasteiger partial charge in [0.15, 0.2) is 5.82 Å². The molecule has 1 aromatic carbocycles. The molecular formula is C15H16N4O. The maximum atomic E-state index is 6.04. The molecule has 0 saturated heterocycles. The van der Waals surface area contributed by atoms with Crippen molar-refractivity contribution in [1.82, 2.24) is 15.1 Å². The first-order valence-corrected chi connectivity index (χ1v) is 6.60. The van der Waals surface area contributed by atoms with Crippen LogP contribution in [0.25, 0.3) is 22.4 Å². The first kappa shape index (κ1) is 12.7. The molecule has 20 heavy (non-hydrogen) atoms. The van der Waals surface area contributed by atoms with Crippen molar-refractivity contribution in [1.29, 1.82) is 0 Å². The fourth-order valence-corrected chi connectivity index (χ4v) is 2.05. The number of nitrogens with zero attached hydrogens (tertiary/aromatic N) is 3. The fraction of sp³-hybridized carbons (Fsp3) is 0.267. The SMILES string of the molecule is CC(C)C(N)c1noc(-c2nccc3ccccc23)n1. The van der Waals surface area contributed by atoms with Crippen LogP contribution in [0.1, 0.15) is 25.7 Å². The van der Waals surface area contributed by atoms with Crippen LogP contribution in [0.5, 0.6) is 0 Å². The lowest BCUT2D eigenvalue weighted by Crippen LogP contribution is -2.18. The van der Waals surface area contributed by atoms with E-state index < -0.39 is 0 Å². The molecule has 5 heteroatoms. The predicted octanol–water partition coefficient (Wildman–Crippen LogP) is 2.94. The fourth-order valence-electron chi connectivity index (χ4n) is 2.05. The monoisotopic (exact) mass is 268 g/mol. The lowest BCUT2D eigenvalue weighted by Gasteiger charge is -2.09. The molecule has 0 bridgehead atoms. The number of hydrogen-bond acceptors (Lipinski definition) is 5. The highest BCUT2D eigenvalue weighted by molar-refractivity contribution is 5.92. The van der Waals surface area contributed by atoms with E-state index in [1.165, 1.54) is 0 Å². The van der Waals surface area contributed by atoms with E-state index in [4.69, 9.17) is 10.3 Å². The minimum atomic E-state index is -0.234. The number of benzene rings is 1. The van der Waals surface area contributed by atoms with E-state index in [2.05, 4.69) is 15.1 Å². The van der Waals surface area contributed by atoms with Gasteiger partial charge in [-0.3, -0.25) is 4.98 Å². The van der Waals surface area contributed by atoms with Crippen molar-refractivity contribution in [2.45, 2.75) is 19.9 Å². The van der Waals surface area contributed by atoms with E-state index in [-0.39, 0.29) is 12.0 Å². The number of aromatic nitrogens is 3. The summed E-state index contributed by atoms with van der Waals surface area (Å²) in [5, 5.41) is 6.05. The predicted molar refractivity (Wildman–Crippen MR) is 76.8 cm³/mol. The molecule has 0 fully saturated rings. The lowest BCUT2D eigenvalue weighted by atomic mass is 10.1. The van der Waals surface area contributed by atoms with Gasteiger partial charge in [0, 0.05) is 11.6 Å². The van der Waals surface area contributed by atoms with Gasteiger partial charge in [0.2, 0.25) is 0 Å². The average Bonchev–Trinajstić information content (AvgIpc) is 2.95. The van der Waals surface area contributed by atoms with Gasteiger partial charge in [-0.05, 0) is 17.4 Å². The van der Waals surface area contributed by atoms with Gasteiger partial charge >= 0.3 is 0 Å². The molecule has 5 nitrogen and oxygen atoms in total. The first-order chi connectivity index (χ1) is 9.66. The molecule has 0 amide bonds. The number of nitrogens with two attached hydrogens (primary N) is 1. The molecule has 1 unspecified atom stereocenters. The van der Waals surface area contributed by atoms with Crippen molar-refractivity contribution in [3.8, 4) is 11.6 Å². The van der Waals surface area contributed by atoms with Crippen LogP contribution in [-0.4, -0.2) is 15.1 Å². The van der Waals surface area contributed by atoms with Crippen LogP contribution in [0.2, 0.25) is 0 Å². The molecule has 3 aromatic rings. The Labute approximate surface area is 116 Å². The molecule has 3 rings (SSSR count). The second kappa shape index (κ2) is 5.02. The van der Waals surface area contributed by atoms with Gasteiger partial charge in [-0.1, -0.05) is 43.3 Å². The van der Waals surface area contributed by atoms with Crippen molar-refractivity contribution in [3.63, 3.8) is 0 Å². The summed E-state index contributed by atoms with van der Waals surface area (Å²) in [6.45, 7) is 4.05. The van der Waals surface area contributed by atoms with E-state index in [9.17, 15) is 0 Å². The van der Waals surface area contributed by atoms with Crippen molar-refractivity contribution >= 4 is 10.8 Å². The van der Waals surface area contributed by atoms with Gasteiger partial charge in [0.05, 0.1) is 6.04 Å². The molecule has 0 saturated carbocycles. The molecule has 0 aliphatic heterocycles. The van der Waals surface area contributed by atoms with Crippen molar-refractivity contribution in [3.05, 3.63) is 42.4 Å². The van der Waals surface area contributed by atoms with Crippen LogP contribution in [0.15, 0.2) is 41.1 Å². The maximum Gasteiger partial charge on any atom is 0.277 e. The van der Waals surface area contributed by atoms with Crippen molar-refractivity contribution in [2.24, 2.45) is 11.7 Å². The number of fused-ring (bicyclic) bond motifs is 1. The standard InChI is InChI=1S/C15H16N4O/c1-9(2)12(16)14-18-15(20-19-14)13-11-6-4-3-5-10(11)7-8-17-13/h3-9,12H,16H2,1-2H3. The van der Waals surface area contributed by atoms with Gasteiger partial charge < -0.3 is 10.3 Å². The van der Waals surface area contributed by atoms with E-state index in [0.717, 1.165) is 10.8 Å². The average molecular weight is 268 g/mol. The zero-order chi connectivity index (χ0) is 14.1. The van der Waals surface area contributed by atoms with E-state index in [1.54, 1.807) is 6.20 Å². The van der Waals surface area contributed by atoms with Gasteiger partial charge in [0.25, 0.3) is 5.89 Å². The lowest BCUT2D eigenvalue weighted by molar-refractivity contribution is 0.399. The van der Waals surface area contributed by atoms with Gasteiger partial charge in [-0.15, -0.1) is 0 Å². The minimum Gasteiger partial charge on any atom is -0.332 e. The molecule has 0 spiro atoms. The van der Waals surface area contributed by atoms with Crippen LogP contribution in [0.3, 0.4) is 0 Å². The van der Waals surface area contributed by atoms with E-state index in [1.807, 2.05) is 44.2 Å². The Morgan fingerprint density at radius 2 is 1.95 bits per heavy atom. The molecule has 0 aliphatic rings. The molecule has 2 heterocycles. The molecule has 0 radical (unpaired) electrons. The third-order valence-electron chi connectivity index (χ3n) is 3.33. The summed E-state index contributed by atoms with van der Waals surface area (Å²) in [6.07, 6.45) is 1.74. The highest BCUT2D eigenvalue weighted by atomic mass is 16.5. The molecule has 2 aromatic heterocycles. The second-order valence-corrected chi connectivity index (χ2v) is 5.11. The first-order valence-electron chi connectivity index (χ1n) is 6.60. The van der Waals surface area contributed by atoms with Gasteiger partial charge in [-0.25, -0.2) is 0 Å². The Morgan fingerprint density at radius 1 is 1.15 bits per heavy atom. The van der Waals surface area contributed by atoms with Crippen LogP contribution in [0.4, 0.5) is 0 Å². The number of rotatable bonds is 3. The Hall–Kier alpha value is -2.27. The maximum absolute atomic E-state index is 6.04. The molecule has 2 N–H and O–H groups in total. The summed E-state index contributed by atoms with van der Waals surface area (Å²) in [6, 6.07) is 9.69. The summed E-state index contributed by atoms with van der Waals surface area (Å²) < 4.78 is 5.33. The van der Waals surface area contributed by atoms with Crippen molar-refractivity contribution < 1.29 is 4.52 Å². The summed E-state index contributed by atoms with van der Waals surface area (Å²) >= 11 is 0. The van der Waals surface area contributed by atoms with Crippen LogP contribution >= 0.6 is 0 Å². The van der Waals surface area contributed by atoms with Crippen LogP contribution in [0, 0.1) is 5.92 Å². The van der Waals surface area contributed by atoms with E-state index in [0.29, 0.717) is 17.4 Å². The number of pyridine rings is 1. The molecular weight excluding hydrogens is 252 g/mol. The minimum absolute atomic E-state index is 0.234. The topological polar surface area (TPSA) is 77.8 Å². The molecule has 0 aliphatic carbocycles. The quantitative estimate of drug-likeness (QED) is 0.790. The highest BCUT2D eigenvalue weighted by Gasteiger charge is 2.19. The molecule has 102 valence electrons. The zero-order valence-electron chi connectivity index (χ0n) is 11.4. The number of hydrogen-bond donors (Lipinski definition) is 1. The summed E-state index contributed by atoms with van der Waals surface area (Å²) in [5.41, 5.74) is 6.73. The Kier molecular flexibility index (Phi) is 3.20. The van der Waals surface area contributed by atoms with Gasteiger partial charge in [0.1, 0.15) is 5.69 Å². The second-order valence-electron chi connectivity index (χ2n) is 5.11. The smallest absolute Gasteiger partial charge is 0.277 e. The highest BCUT2D eigenvalue weighted by Crippen LogP contribution is 2.26. The Morgan fingerprint density at radius 3 is 2.75 bits per heavy atom. The zero-order valence-corrected chi connectivity index (χ0v) is 11.4. The third-order valence-corrected chi connectivity index (χ3v) is 3.33. The van der Waals surface area contributed by atoms with Gasteiger partial charge in [-0.2, -0.15) is 4.98 Å². The summed E-state index contributed by atoms with van der Waals surface area (Å²) in [7, 11) is 0.